The van der Waals surface area contributed by atoms with Crippen LogP contribution in [0.1, 0.15) is 18.5 Å². The second-order valence-electron chi connectivity index (χ2n) is 3.74. The third-order valence-corrected chi connectivity index (χ3v) is 3.59. The Labute approximate surface area is 110 Å². The molecule has 0 aliphatic rings. The predicted octanol–water partition coefficient (Wildman–Crippen LogP) is 3.91. The van der Waals surface area contributed by atoms with Crippen LogP contribution in [0.15, 0.2) is 52.5 Å². The Morgan fingerprint density at radius 3 is 2.65 bits per heavy atom. The van der Waals surface area contributed by atoms with E-state index in [-0.39, 0.29) is 6.04 Å². The van der Waals surface area contributed by atoms with Gasteiger partial charge in [-0.15, -0.1) is 0 Å². The molecule has 88 valence electrons. The van der Waals surface area contributed by atoms with Crippen LogP contribution in [0.4, 0.5) is 0 Å². The predicted molar refractivity (Wildman–Crippen MR) is 72.4 cm³/mol. The van der Waals surface area contributed by atoms with Gasteiger partial charge < -0.3 is 5.73 Å². The van der Waals surface area contributed by atoms with E-state index >= 15 is 0 Å². The van der Waals surface area contributed by atoms with E-state index in [2.05, 4.69) is 11.1 Å². The van der Waals surface area contributed by atoms with E-state index in [1.54, 1.807) is 18.0 Å². The number of halogens is 1. The number of hydrogen-bond acceptors (Lipinski definition) is 3. The Hall–Kier alpha value is -1.03. The summed E-state index contributed by atoms with van der Waals surface area (Å²) < 4.78 is 0. The molecule has 0 saturated heterocycles. The van der Waals surface area contributed by atoms with Gasteiger partial charge in [-0.3, -0.25) is 0 Å². The summed E-state index contributed by atoms with van der Waals surface area (Å²) in [6, 6.07) is 11.9. The molecule has 4 heteroatoms. The fourth-order valence-electron chi connectivity index (χ4n) is 1.48. The van der Waals surface area contributed by atoms with E-state index in [1.807, 2.05) is 37.3 Å². The number of nitrogens with two attached hydrogens (primary N) is 1. The lowest BCUT2D eigenvalue weighted by atomic mass is 10.1. The molecule has 17 heavy (non-hydrogen) atoms. The first-order valence-electron chi connectivity index (χ1n) is 5.31. The fraction of sp³-hybridized carbons (Fsp3) is 0.154. The zero-order valence-electron chi connectivity index (χ0n) is 9.43. The second kappa shape index (κ2) is 5.54. The summed E-state index contributed by atoms with van der Waals surface area (Å²) in [6.45, 7) is 1.98. The highest BCUT2D eigenvalue weighted by molar-refractivity contribution is 7.99. The van der Waals surface area contributed by atoms with Crippen molar-refractivity contribution in [3.63, 3.8) is 0 Å². The highest BCUT2D eigenvalue weighted by Crippen LogP contribution is 2.31. The molecule has 2 aromatic rings. The van der Waals surface area contributed by atoms with Crippen LogP contribution in [0.2, 0.25) is 5.02 Å². The third kappa shape index (κ3) is 3.22. The summed E-state index contributed by atoms with van der Waals surface area (Å²) >= 11 is 7.41. The minimum absolute atomic E-state index is 0.0194. The molecule has 0 fully saturated rings. The average molecular weight is 265 g/mol. The highest BCUT2D eigenvalue weighted by Gasteiger charge is 2.07. The van der Waals surface area contributed by atoms with Crippen LogP contribution in [0, 0.1) is 0 Å². The SMILES string of the molecule is C[C@@H](N)c1ccccc1Sc1ccc(Cl)cn1. The Bertz CT molecular complexity index is 497. The van der Waals surface area contributed by atoms with Crippen LogP contribution in [0.5, 0.6) is 0 Å². The van der Waals surface area contributed by atoms with Gasteiger partial charge in [0.1, 0.15) is 5.03 Å². The summed E-state index contributed by atoms with van der Waals surface area (Å²) in [5, 5.41) is 1.57. The molecule has 0 aliphatic carbocycles. The largest absolute Gasteiger partial charge is 0.324 e. The van der Waals surface area contributed by atoms with E-state index in [4.69, 9.17) is 17.3 Å². The Kier molecular flexibility index (Phi) is 4.05. The maximum atomic E-state index is 5.94. The molecule has 0 saturated carbocycles. The Morgan fingerprint density at radius 1 is 1.24 bits per heavy atom. The van der Waals surface area contributed by atoms with Crippen molar-refractivity contribution in [2.45, 2.75) is 22.9 Å². The lowest BCUT2D eigenvalue weighted by molar-refractivity contribution is 0.797. The van der Waals surface area contributed by atoms with Crippen LogP contribution >= 0.6 is 23.4 Å². The van der Waals surface area contributed by atoms with E-state index in [9.17, 15) is 0 Å². The zero-order valence-corrected chi connectivity index (χ0v) is 11.0. The first-order chi connectivity index (χ1) is 8.16. The van der Waals surface area contributed by atoms with Crippen molar-refractivity contribution in [2.24, 2.45) is 5.73 Å². The van der Waals surface area contributed by atoms with Crippen LogP contribution in [0.3, 0.4) is 0 Å². The Balaban J connectivity index is 2.26. The number of benzene rings is 1. The molecule has 0 aliphatic heterocycles. The van der Waals surface area contributed by atoms with Crippen LogP contribution in [-0.4, -0.2) is 4.98 Å². The lowest BCUT2D eigenvalue weighted by Crippen LogP contribution is -2.06. The van der Waals surface area contributed by atoms with Crippen molar-refractivity contribution in [2.75, 3.05) is 0 Å². The van der Waals surface area contributed by atoms with Crippen molar-refractivity contribution < 1.29 is 0 Å². The molecule has 2 nitrogen and oxygen atoms in total. The summed E-state index contributed by atoms with van der Waals surface area (Å²) in [7, 11) is 0. The van der Waals surface area contributed by atoms with E-state index in [1.165, 1.54) is 0 Å². The monoisotopic (exact) mass is 264 g/mol. The third-order valence-electron chi connectivity index (χ3n) is 2.32. The topological polar surface area (TPSA) is 38.9 Å². The van der Waals surface area contributed by atoms with Gasteiger partial charge in [0.15, 0.2) is 0 Å². The molecule has 1 aromatic carbocycles. The number of nitrogens with zero attached hydrogens (tertiary/aromatic N) is 1. The summed E-state index contributed by atoms with van der Waals surface area (Å²) in [5.41, 5.74) is 7.07. The van der Waals surface area contributed by atoms with E-state index < -0.39 is 0 Å². The van der Waals surface area contributed by atoms with Crippen molar-refractivity contribution in [3.8, 4) is 0 Å². The normalized spacial score (nSPS) is 12.4. The first kappa shape index (κ1) is 12.4. The molecular formula is C13H13ClN2S. The molecule has 1 heterocycles. The first-order valence-corrected chi connectivity index (χ1v) is 6.50. The number of aromatic nitrogens is 1. The van der Waals surface area contributed by atoms with Gasteiger partial charge in [-0.25, -0.2) is 4.98 Å². The highest BCUT2D eigenvalue weighted by atomic mass is 35.5. The van der Waals surface area contributed by atoms with Crippen molar-refractivity contribution in [1.29, 1.82) is 0 Å². The molecule has 0 unspecified atom stereocenters. The maximum Gasteiger partial charge on any atom is 0.101 e. The summed E-state index contributed by atoms with van der Waals surface area (Å²) in [6.07, 6.45) is 1.65. The van der Waals surface area contributed by atoms with Crippen molar-refractivity contribution in [1.82, 2.24) is 4.98 Å². The average Bonchev–Trinajstić information content (AvgIpc) is 2.32. The molecule has 0 bridgehead atoms. The van der Waals surface area contributed by atoms with Gasteiger partial charge in [-0.05, 0) is 30.7 Å². The quantitative estimate of drug-likeness (QED) is 0.914. The second-order valence-corrected chi connectivity index (χ2v) is 5.24. The van der Waals surface area contributed by atoms with Gasteiger partial charge in [-0.1, -0.05) is 41.6 Å². The van der Waals surface area contributed by atoms with Crippen LogP contribution in [0.25, 0.3) is 0 Å². The molecule has 2 N–H and O–H groups in total. The van der Waals surface area contributed by atoms with Crippen molar-refractivity contribution >= 4 is 23.4 Å². The van der Waals surface area contributed by atoms with Gasteiger partial charge in [0, 0.05) is 17.1 Å². The van der Waals surface area contributed by atoms with Crippen molar-refractivity contribution in [3.05, 3.63) is 53.2 Å². The molecular weight excluding hydrogens is 252 g/mol. The van der Waals surface area contributed by atoms with Gasteiger partial charge in [0.25, 0.3) is 0 Å². The smallest absolute Gasteiger partial charge is 0.101 e. The van der Waals surface area contributed by atoms with Crippen LogP contribution in [-0.2, 0) is 0 Å². The molecule has 0 amide bonds. The standard InChI is InChI=1S/C13H13ClN2S/c1-9(15)11-4-2-3-5-12(11)17-13-7-6-10(14)8-16-13/h2-9H,15H2,1H3/t9-/m1/s1. The fourth-order valence-corrected chi connectivity index (χ4v) is 2.58. The zero-order chi connectivity index (χ0) is 12.3. The summed E-state index contributed by atoms with van der Waals surface area (Å²) in [4.78, 5) is 5.40. The van der Waals surface area contributed by atoms with Gasteiger partial charge in [-0.2, -0.15) is 0 Å². The van der Waals surface area contributed by atoms with Gasteiger partial charge in [0.2, 0.25) is 0 Å². The lowest BCUT2D eigenvalue weighted by Gasteiger charge is -2.11. The molecule has 0 spiro atoms. The molecule has 1 atom stereocenters. The summed E-state index contributed by atoms with van der Waals surface area (Å²) in [5.74, 6) is 0. The molecule has 2 rings (SSSR count). The molecule has 0 radical (unpaired) electrons. The maximum absolute atomic E-state index is 5.94. The van der Waals surface area contributed by atoms with Gasteiger partial charge in [0.05, 0.1) is 5.02 Å². The van der Waals surface area contributed by atoms with Crippen LogP contribution < -0.4 is 5.73 Å². The number of pyridine rings is 1. The molecule has 1 aromatic heterocycles. The van der Waals surface area contributed by atoms with Gasteiger partial charge >= 0.3 is 0 Å². The Morgan fingerprint density at radius 2 is 2.00 bits per heavy atom. The van der Waals surface area contributed by atoms with E-state index in [0.29, 0.717) is 5.02 Å². The number of rotatable bonds is 3. The van der Waals surface area contributed by atoms with E-state index in [0.717, 1.165) is 15.5 Å². The minimum Gasteiger partial charge on any atom is -0.324 e. The minimum atomic E-state index is 0.0194. The number of hydrogen-bond donors (Lipinski definition) is 1.